The second kappa shape index (κ2) is 3.92. The van der Waals surface area contributed by atoms with E-state index in [4.69, 9.17) is 5.11 Å². The van der Waals surface area contributed by atoms with E-state index in [1.165, 1.54) is 51.4 Å². The Balaban J connectivity index is 2.06. The fraction of sp³-hybridized carbons (Fsp3) is 0.917. The molecule has 2 aliphatic rings. The molecule has 80 valence electrons. The summed E-state index contributed by atoms with van der Waals surface area (Å²) in [5.41, 5.74) is 0.197. The Morgan fingerprint density at radius 1 is 1.14 bits per heavy atom. The van der Waals surface area contributed by atoms with Gasteiger partial charge in [-0.2, -0.15) is 0 Å². The van der Waals surface area contributed by atoms with Crippen LogP contribution in [0.3, 0.4) is 0 Å². The molecule has 2 nitrogen and oxygen atoms in total. The summed E-state index contributed by atoms with van der Waals surface area (Å²) in [6.07, 6.45) is 10.5. The van der Waals surface area contributed by atoms with Crippen LogP contribution in [0.4, 0.5) is 0 Å². The monoisotopic (exact) mass is 196 g/mol. The van der Waals surface area contributed by atoms with E-state index >= 15 is 0 Å². The van der Waals surface area contributed by atoms with Gasteiger partial charge in [-0.3, -0.25) is 4.79 Å². The van der Waals surface area contributed by atoms with Gasteiger partial charge in [0.25, 0.3) is 0 Å². The third-order valence-electron chi connectivity index (χ3n) is 4.05. The van der Waals surface area contributed by atoms with Crippen LogP contribution in [0.15, 0.2) is 0 Å². The molecular weight excluding hydrogens is 176 g/mol. The zero-order valence-electron chi connectivity index (χ0n) is 8.80. The second-order valence-electron chi connectivity index (χ2n) is 5.12. The highest BCUT2D eigenvalue weighted by molar-refractivity contribution is 5.67. The first-order chi connectivity index (χ1) is 6.73. The van der Waals surface area contributed by atoms with E-state index in [2.05, 4.69) is 0 Å². The summed E-state index contributed by atoms with van der Waals surface area (Å²) in [6, 6.07) is 0. The van der Waals surface area contributed by atoms with Crippen LogP contribution >= 0.6 is 0 Å². The van der Waals surface area contributed by atoms with Crippen molar-refractivity contribution in [2.24, 2.45) is 11.3 Å². The summed E-state index contributed by atoms with van der Waals surface area (Å²) in [5.74, 6) is 0.163. The second-order valence-corrected chi connectivity index (χ2v) is 5.12. The number of hydrogen-bond donors (Lipinski definition) is 1. The highest BCUT2D eigenvalue weighted by Gasteiger charge is 2.45. The third-order valence-corrected chi connectivity index (χ3v) is 4.05. The minimum atomic E-state index is -0.584. The number of carbonyl (C=O) groups is 1. The lowest BCUT2D eigenvalue weighted by molar-refractivity contribution is -0.140. The molecule has 2 heteroatoms. The Kier molecular flexibility index (Phi) is 2.80. The Bertz CT molecular complexity index is 210. The molecule has 0 bridgehead atoms. The molecule has 0 aromatic rings. The van der Waals surface area contributed by atoms with Crippen molar-refractivity contribution in [1.29, 1.82) is 0 Å². The van der Waals surface area contributed by atoms with Crippen molar-refractivity contribution < 1.29 is 9.90 Å². The summed E-state index contributed by atoms with van der Waals surface area (Å²) in [6.45, 7) is 0. The summed E-state index contributed by atoms with van der Waals surface area (Å²) in [7, 11) is 0. The molecule has 0 spiro atoms. The largest absolute Gasteiger partial charge is 0.481 e. The molecule has 0 amide bonds. The van der Waals surface area contributed by atoms with E-state index in [-0.39, 0.29) is 5.41 Å². The highest BCUT2D eigenvalue weighted by atomic mass is 16.4. The van der Waals surface area contributed by atoms with Crippen LogP contribution in [0.2, 0.25) is 0 Å². The summed E-state index contributed by atoms with van der Waals surface area (Å²) >= 11 is 0. The molecular formula is C12H20O2. The molecule has 0 aromatic heterocycles. The zero-order valence-corrected chi connectivity index (χ0v) is 8.80. The van der Waals surface area contributed by atoms with Gasteiger partial charge in [0, 0.05) is 0 Å². The molecule has 2 rings (SSSR count). The lowest BCUT2D eigenvalue weighted by atomic mass is 9.73. The van der Waals surface area contributed by atoms with Gasteiger partial charge < -0.3 is 5.11 Å². The Labute approximate surface area is 85.7 Å². The van der Waals surface area contributed by atoms with Gasteiger partial charge in [0.15, 0.2) is 0 Å². The van der Waals surface area contributed by atoms with Gasteiger partial charge in [0.1, 0.15) is 0 Å². The third kappa shape index (κ3) is 2.10. The minimum Gasteiger partial charge on any atom is -0.481 e. The molecule has 2 saturated carbocycles. The molecule has 0 unspecified atom stereocenters. The zero-order chi connectivity index (χ0) is 10.0. The van der Waals surface area contributed by atoms with Crippen LogP contribution in [-0.2, 0) is 4.79 Å². The van der Waals surface area contributed by atoms with Crippen LogP contribution in [0, 0.1) is 11.3 Å². The van der Waals surface area contributed by atoms with Gasteiger partial charge in [-0.25, -0.2) is 0 Å². The lowest BCUT2D eigenvalue weighted by Gasteiger charge is -2.31. The first-order valence-corrected chi connectivity index (χ1v) is 5.95. The van der Waals surface area contributed by atoms with Gasteiger partial charge >= 0.3 is 5.97 Å². The molecule has 0 aliphatic heterocycles. The molecule has 0 heterocycles. The quantitative estimate of drug-likeness (QED) is 0.704. The van der Waals surface area contributed by atoms with Crippen molar-refractivity contribution in [2.45, 2.75) is 57.8 Å². The molecule has 1 N–H and O–H groups in total. The average Bonchev–Trinajstić information content (AvgIpc) is 2.89. The molecule has 0 saturated heterocycles. The summed E-state index contributed by atoms with van der Waals surface area (Å²) < 4.78 is 0. The Morgan fingerprint density at radius 2 is 1.71 bits per heavy atom. The van der Waals surface area contributed by atoms with Crippen molar-refractivity contribution in [3.05, 3.63) is 0 Å². The first-order valence-electron chi connectivity index (χ1n) is 5.95. The van der Waals surface area contributed by atoms with E-state index < -0.39 is 5.97 Å². The standard InChI is InChI=1S/C12H20O2/c13-11(14)9-12(10-5-6-10)7-3-1-2-4-8-12/h10H,1-9H2,(H,13,14). The minimum absolute atomic E-state index is 0.197. The molecule has 2 aliphatic carbocycles. The van der Waals surface area contributed by atoms with Crippen molar-refractivity contribution in [1.82, 2.24) is 0 Å². The molecule has 0 atom stereocenters. The molecule has 0 aromatic carbocycles. The predicted octanol–water partition coefficient (Wildman–Crippen LogP) is 3.21. The van der Waals surface area contributed by atoms with E-state index in [1.807, 2.05) is 0 Å². The number of aliphatic carboxylic acids is 1. The number of carboxylic acid groups (broad SMARTS) is 1. The maximum atomic E-state index is 10.9. The smallest absolute Gasteiger partial charge is 0.303 e. The summed E-state index contributed by atoms with van der Waals surface area (Å²) in [5, 5.41) is 9.00. The van der Waals surface area contributed by atoms with Crippen molar-refractivity contribution >= 4 is 5.97 Å². The van der Waals surface area contributed by atoms with Gasteiger partial charge in [0.2, 0.25) is 0 Å². The van der Waals surface area contributed by atoms with Gasteiger partial charge in [-0.05, 0) is 37.0 Å². The number of carboxylic acids is 1. The van der Waals surface area contributed by atoms with E-state index in [1.54, 1.807) is 0 Å². The molecule has 0 radical (unpaired) electrons. The lowest BCUT2D eigenvalue weighted by Crippen LogP contribution is -2.26. The summed E-state index contributed by atoms with van der Waals surface area (Å²) in [4.78, 5) is 10.9. The van der Waals surface area contributed by atoms with Gasteiger partial charge in [-0.1, -0.05) is 25.7 Å². The van der Waals surface area contributed by atoms with E-state index in [9.17, 15) is 4.79 Å². The first kappa shape index (κ1) is 10.0. The van der Waals surface area contributed by atoms with Crippen LogP contribution in [-0.4, -0.2) is 11.1 Å². The predicted molar refractivity (Wildman–Crippen MR) is 55.1 cm³/mol. The maximum absolute atomic E-state index is 10.9. The van der Waals surface area contributed by atoms with Crippen LogP contribution in [0.5, 0.6) is 0 Å². The fourth-order valence-electron chi connectivity index (χ4n) is 3.16. The van der Waals surface area contributed by atoms with Crippen LogP contribution < -0.4 is 0 Å². The number of rotatable bonds is 3. The fourth-order valence-corrected chi connectivity index (χ4v) is 3.16. The highest BCUT2D eigenvalue weighted by Crippen LogP contribution is 2.54. The Hall–Kier alpha value is -0.530. The van der Waals surface area contributed by atoms with Crippen molar-refractivity contribution in [3.63, 3.8) is 0 Å². The Morgan fingerprint density at radius 3 is 2.14 bits per heavy atom. The molecule has 14 heavy (non-hydrogen) atoms. The maximum Gasteiger partial charge on any atom is 0.303 e. The topological polar surface area (TPSA) is 37.3 Å². The van der Waals surface area contributed by atoms with E-state index in [0.29, 0.717) is 6.42 Å². The van der Waals surface area contributed by atoms with Crippen LogP contribution in [0.1, 0.15) is 57.8 Å². The molecule has 2 fully saturated rings. The normalized spacial score (nSPS) is 26.9. The SMILES string of the molecule is O=C(O)CC1(C2CC2)CCCCCC1. The average molecular weight is 196 g/mol. The van der Waals surface area contributed by atoms with Crippen LogP contribution in [0.25, 0.3) is 0 Å². The van der Waals surface area contributed by atoms with Crippen molar-refractivity contribution in [2.75, 3.05) is 0 Å². The van der Waals surface area contributed by atoms with E-state index in [0.717, 1.165) is 5.92 Å². The number of hydrogen-bond acceptors (Lipinski definition) is 1. The van der Waals surface area contributed by atoms with Gasteiger partial charge in [-0.15, -0.1) is 0 Å². The van der Waals surface area contributed by atoms with Gasteiger partial charge in [0.05, 0.1) is 6.42 Å². The van der Waals surface area contributed by atoms with Crippen molar-refractivity contribution in [3.8, 4) is 0 Å².